The molecule has 0 spiro atoms. The lowest BCUT2D eigenvalue weighted by molar-refractivity contribution is 0.187. The Bertz CT molecular complexity index is 158. The minimum absolute atomic E-state index is 0.591. The molecular formula is C13H27NO. The molecule has 0 amide bonds. The fourth-order valence-electron chi connectivity index (χ4n) is 2.28. The molecule has 0 atom stereocenters. The van der Waals surface area contributed by atoms with Crippen LogP contribution in [0.15, 0.2) is 0 Å². The second-order valence-electron chi connectivity index (χ2n) is 5.59. The molecule has 0 heterocycles. The monoisotopic (exact) mass is 213 g/mol. The van der Waals surface area contributed by atoms with Crippen molar-refractivity contribution in [3.63, 3.8) is 0 Å². The van der Waals surface area contributed by atoms with Gasteiger partial charge in [-0.15, -0.1) is 0 Å². The molecule has 0 radical (unpaired) electrons. The van der Waals surface area contributed by atoms with E-state index in [4.69, 9.17) is 4.74 Å². The van der Waals surface area contributed by atoms with Crippen LogP contribution in [0.2, 0.25) is 0 Å². The highest BCUT2D eigenvalue weighted by atomic mass is 16.5. The van der Waals surface area contributed by atoms with E-state index in [-0.39, 0.29) is 0 Å². The first kappa shape index (κ1) is 13.0. The zero-order valence-electron chi connectivity index (χ0n) is 10.6. The second kappa shape index (κ2) is 6.49. The van der Waals surface area contributed by atoms with Crippen molar-refractivity contribution in [2.24, 2.45) is 5.41 Å². The summed E-state index contributed by atoms with van der Waals surface area (Å²) in [5.41, 5.74) is 0.591. The van der Waals surface area contributed by atoms with Crippen LogP contribution in [-0.4, -0.2) is 26.3 Å². The summed E-state index contributed by atoms with van der Waals surface area (Å²) < 4.78 is 5.03. The van der Waals surface area contributed by atoms with Crippen molar-refractivity contribution < 1.29 is 4.74 Å². The molecule has 2 nitrogen and oxygen atoms in total. The molecule has 1 aliphatic carbocycles. The molecule has 2 heteroatoms. The molecule has 1 fully saturated rings. The van der Waals surface area contributed by atoms with E-state index in [1.54, 1.807) is 7.11 Å². The molecule has 0 aromatic heterocycles. The van der Waals surface area contributed by atoms with Crippen LogP contribution in [0.3, 0.4) is 0 Å². The van der Waals surface area contributed by atoms with Crippen molar-refractivity contribution in [1.82, 2.24) is 5.32 Å². The Morgan fingerprint density at radius 3 is 2.47 bits per heavy atom. The van der Waals surface area contributed by atoms with Crippen LogP contribution in [0.1, 0.15) is 52.4 Å². The van der Waals surface area contributed by atoms with Crippen molar-refractivity contribution in [3.05, 3.63) is 0 Å². The van der Waals surface area contributed by atoms with Crippen molar-refractivity contribution in [2.45, 2.75) is 58.4 Å². The highest BCUT2D eigenvalue weighted by Crippen LogP contribution is 2.34. The van der Waals surface area contributed by atoms with E-state index in [0.29, 0.717) is 5.41 Å². The number of ether oxygens (including phenoxy) is 1. The molecular weight excluding hydrogens is 186 g/mol. The molecule has 1 aliphatic rings. The molecule has 1 rings (SSSR count). The Morgan fingerprint density at radius 1 is 1.20 bits per heavy atom. The maximum Gasteiger partial charge on any atom is 0.0462 e. The average molecular weight is 213 g/mol. The van der Waals surface area contributed by atoms with Crippen LogP contribution in [-0.2, 0) is 4.74 Å². The van der Waals surface area contributed by atoms with Crippen molar-refractivity contribution in [2.75, 3.05) is 20.3 Å². The zero-order valence-corrected chi connectivity index (χ0v) is 10.6. The summed E-state index contributed by atoms with van der Waals surface area (Å²) in [5.74, 6) is 0. The summed E-state index contributed by atoms with van der Waals surface area (Å²) in [6.45, 7) is 6.84. The van der Waals surface area contributed by atoms with Crippen LogP contribution in [0.25, 0.3) is 0 Å². The van der Waals surface area contributed by atoms with Gasteiger partial charge in [0.25, 0.3) is 0 Å². The van der Waals surface area contributed by atoms with Crippen molar-refractivity contribution >= 4 is 0 Å². The van der Waals surface area contributed by atoms with E-state index in [9.17, 15) is 0 Å². The molecule has 15 heavy (non-hydrogen) atoms. The van der Waals surface area contributed by atoms with Gasteiger partial charge in [-0.1, -0.05) is 13.8 Å². The van der Waals surface area contributed by atoms with E-state index in [1.165, 1.54) is 38.5 Å². The van der Waals surface area contributed by atoms with Crippen LogP contribution < -0.4 is 5.32 Å². The predicted molar refractivity (Wildman–Crippen MR) is 65.1 cm³/mol. The van der Waals surface area contributed by atoms with E-state index >= 15 is 0 Å². The highest BCUT2D eigenvalue weighted by molar-refractivity contribution is 4.81. The first-order valence-corrected chi connectivity index (χ1v) is 6.36. The van der Waals surface area contributed by atoms with Crippen molar-refractivity contribution in [1.29, 1.82) is 0 Å². The Kier molecular flexibility index (Phi) is 5.62. The molecule has 0 aliphatic heterocycles. The van der Waals surface area contributed by atoms with Gasteiger partial charge >= 0.3 is 0 Å². The maximum absolute atomic E-state index is 5.03. The number of rotatable bonds is 6. The zero-order chi connectivity index (χ0) is 11.1. The van der Waals surface area contributed by atoms with Crippen LogP contribution in [0.5, 0.6) is 0 Å². The molecule has 1 N–H and O–H groups in total. The van der Waals surface area contributed by atoms with Gasteiger partial charge in [0.2, 0.25) is 0 Å². The SMILES string of the molecule is COCCCCNC1CCC(C)(C)CC1. The molecule has 90 valence electrons. The quantitative estimate of drug-likeness (QED) is 0.685. The van der Waals surface area contributed by atoms with Crippen LogP contribution in [0, 0.1) is 5.41 Å². The third kappa shape index (κ3) is 5.53. The van der Waals surface area contributed by atoms with Crippen LogP contribution in [0.4, 0.5) is 0 Å². The van der Waals surface area contributed by atoms with Gasteiger partial charge in [0, 0.05) is 19.8 Å². The third-order valence-corrected chi connectivity index (χ3v) is 3.55. The van der Waals surface area contributed by atoms with E-state index in [0.717, 1.165) is 19.2 Å². The second-order valence-corrected chi connectivity index (χ2v) is 5.59. The van der Waals surface area contributed by atoms with E-state index in [1.807, 2.05) is 0 Å². The minimum atomic E-state index is 0.591. The standard InChI is InChI=1S/C13H27NO/c1-13(2)8-6-12(7-9-13)14-10-4-5-11-15-3/h12,14H,4-11H2,1-3H3. The van der Waals surface area contributed by atoms with Gasteiger partial charge in [-0.05, 0) is 50.5 Å². The highest BCUT2D eigenvalue weighted by Gasteiger charge is 2.25. The Morgan fingerprint density at radius 2 is 1.87 bits per heavy atom. The molecule has 0 bridgehead atoms. The van der Waals surface area contributed by atoms with Crippen LogP contribution >= 0.6 is 0 Å². The summed E-state index contributed by atoms with van der Waals surface area (Å²) in [6, 6.07) is 0.778. The number of hydrogen-bond acceptors (Lipinski definition) is 2. The van der Waals surface area contributed by atoms with Gasteiger partial charge in [0.05, 0.1) is 0 Å². The number of unbranched alkanes of at least 4 members (excludes halogenated alkanes) is 1. The van der Waals surface area contributed by atoms with Gasteiger partial charge in [-0.25, -0.2) is 0 Å². The van der Waals surface area contributed by atoms with Crippen molar-refractivity contribution in [3.8, 4) is 0 Å². The Balaban J connectivity index is 1.99. The molecule has 1 saturated carbocycles. The predicted octanol–water partition coefficient (Wildman–Crippen LogP) is 2.97. The third-order valence-electron chi connectivity index (χ3n) is 3.55. The fraction of sp³-hybridized carbons (Fsp3) is 1.00. The molecule has 0 saturated heterocycles. The largest absolute Gasteiger partial charge is 0.385 e. The lowest BCUT2D eigenvalue weighted by atomic mass is 9.75. The fourth-order valence-corrected chi connectivity index (χ4v) is 2.28. The maximum atomic E-state index is 5.03. The summed E-state index contributed by atoms with van der Waals surface area (Å²) in [4.78, 5) is 0. The Hall–Kier alpha value is -0.0800. The lowest BCUT2D eigenvalue weighted by Crippen LogP contribution is -2.36. The summed E-state index contributed by atoms with van der Waals surface area (Å²) in [5, 5.41) is 3.66. The van der Waals surface area contributed by atoms with Gasteiger partial charge in [0.1, 0.15) is 0 Å². The van der Waals surface area contributed by atoms with E-state index < -0.39 is 0 Å². The summed E-state index contributed by atoms with van der Waals surface area (Å²) in [7, 11) is 1.77. The molecule has 0 aromatic rings. The Labute approximate surface area is 94.8 Å². The minimum Gasteiger partial charge on any atom is -0.385 e. The number of nitrogens with one attached hydrogen (secondary N) is 1. The van der Waals surface area contributed by atoms with Gasteiger partial charge in [0.15, 0.2) is 0 Å². The summed E-state index contributed by atoms with van der Waals surface area (Å²) in [6.07, 6.45) is 7.90. The first-order valence-electron chi connectivity index (χ1n) is 6.36. The van der Waals surface area contributed by atoms with Gasteiger partial charge in [-0.2, -0.15) is 0 Å². The van der Waals surface area contributed by atoms with E-state index in [2.05, 4.69) is 19.2 Å². The molecule has 0 aromatic carbocycles. The van der Waals surface area contributed by atoms with Gasteiger partial charge < -0.3 is 10.1 Å². The average Bonchev–Trinajstić information content (AvgIpc) is 2.20. The normalized spacial score (nSPS) is 21.8. The topological polar surface area (TPSA) is 21.3 Å². The lowest BCUT2D eigenvalue weighted by Gasteiger charge is -2.34. The summed E-state index contributed by atoms with van der Waals surface area (Å²) >= 11 is 0. The first-order chi connectivity index (χ1) is 7.14. The van der Waals surface area contributed by atoms with Gasteiger partial charge in [-0.3, -0.25) is 0 Å². The molecule has 0 unspecified atom stereocenters. The number of hydrogen-bond donors (Lipinski definition) is 1. The number of methoxy groups -OCH3 is 1. The smallest absolute Gasteiger partial charge is 0.0462 e.